The van der Waals surface area contributed by atoms with Gasteiger partial charge in [-0.15, -0.1) is 0 Å². The van der Waals surface area contributed by atoms with Gasteiger partial charge in [0.2, 0.25) is 0 Å². The highest BCUT2D eigenvalue weighted by molar-refractivity contribution is 6.33. The van der Waals surface area contributed by atoms with Crippen molar-refractivity contribution in [3.05, 3.63) is 94.5 Å². The Balaban J connectivity index is 1.50. The Morgan fingerprint density at radius 3 is 2.00 bits per heavy atom. The van der Waals surface area contributed by atoms with Crippen LogP contribution in [0.3, 0.4) is 0 Å². The number of hydrogen-bond donors (Lipinski definition) is 1. The van der Waals surface area contributed by atoms with Gasteiger partial charge in [-0.3, -0.25) is 4.79 Å². The maximum absolute atomic E-state index is 13.1. The number of nitrogens with zero attached hydrogens (tertiary/aromatic N) is 1. The van der Waals surface area contributed by atoms with E-state index in [9.17, 15) is 9.59 Å². The third kappa shape index (κ3) is 4.21. The van der Waals surface area contributed by atoms with Gasteiger partial charge in [-0.2, -0.15) is 0 Å². The maximum Gasteiger partial charge on any atom is 0.426 e. The summed E-state index contributed by atoms with van der Waals surface area (Å²) in [4.78, 5) is 25.8. The average Bonchev–Trinajstić information content (AvgIpc) is 3.09. The Labute approximate surface area is 192 Å². The third-order valence-electron chi connectivity index (χ3n) is 5.52. The van der Waals surface area contributed by atoms with E-state index < -0.39 is 17.5 Å². The van der Waals surface area contributed by atoms with Crippen molar-refractivity contribution in [2.45, 2.75) is 32.2 Å². The van der Waals surface area contributed by atoms with Crippen LogP contribution in [0.15, 0.2) is 72.8 Å². The molecule has 0 unspecified atom stereocenters. The normalized spacial score (nSPS) is 12.6. The van der Waals surface area contributed by atoms with Crippen LogP contribution in [0.5, 0.6) is 0 Å². The van der Waals surface area contributed by atoms with Crippen LogP contribution in [-0.4, -0.2) is 29.2 Å². The number of benzene rings is 3. The monoisotopic (exact) mass is 448 g/mol. The van der Waals surface area contributed by atoms with Crippen LogP contribution in [0.2, 0.25) is 5.02 Å². The summed E-state index contributed by atoms with van der Waals surface area (Å²) in [6.45, 7) is 5.64. The van der Waals surface area contributed by atoms with Gasteiger partial charge in [0.1, 0.15) is 6.61 Å². The van der Waals surface area contributed by atoms with Crippen molar-refractivity contribution >= 4 is 23.6 Å². The molecule has 0 bridgehead atoms. The van der Waals surface area contributed by atoms with E-state index in [-0.39, 0.29) is 12.5 Å². The van der Waals surface area contributed by atoms with Crippen molar-refractivity contribution in [3.63, 3.8) is 0 Å². The van der Waals surface area contributed by atoms with E-state index in [1.165, 1.54) is 5.01 Å². The predicted octanol–water partition coefficient (Wildman–Crippen LogP) is 6.03. The molecule has 164 valence electrons. The molecule has 0 atom stereocenters. The second-order valence-corrected chi connectivity index (χ2v) is 9.14. The fourth-order valence-corrected chi connectivity index (χ4v) is 4.22. The minimum atomic E-state index is -0.693. The lowest BCUT2D eigenvalue weighted by Gasteiger charge is -2.35. The first-order valence-corrected chi connectivity index (χ1v) is 10.9. The summed E-state index contributed by atoms with van der Waals surface area (Å²) in [5.41, 5.74) is 6.80. The molecule has 0 heterocycles. The number of ether oxygens (including phenoxy) is 1. The molecule has 0 radical (unpaired) electrons. The Morgan fingerprint density at radius 1 is 0.906 bits per heavy atom. The number of fused-ring (bicyclic) bond motifs is 3. The molecule has 0 fully saturated rings. The second-order valence-electron chi connectivity index (χ2n) is 8.73. The van der Waals surface area contributed by atoms with Crippen LogP contribution in [0, 0.1) is 0 Å². The zero-order chi connectivity index (χ0) is 22.9. The van der Waals surface area contributed by atoms with Crippen LogP contribution < -0.4 is 5.43 Å². The molecule has 0 saturated carbocycles. The van der Waals surface area contributed by atoms with Gasteiger partial charge in [0.15, 0.2) is 0 Å². The average molecular weight is 449 g/mol. The zero-order valence-electron chi connectivity index (χ0n) is 18.3. The molecule has 1 aliphatic rings. The van der Waals surface area contributed by atoms with Crippen LogP contribution in [0.4, 0.5) is 4.79 Å². The van der Waals surface area contributed by atoms with Crippen LogP contribution >= 0.6 is 11.6 Å². The molecule has 2 amide bonds. The highest BCUT2D eigenvalue weighted by Gasteiger charge is 2.32. The molecule has 1 aliphatic carbocycles. The fraction of sp³-hybridized carbons (Fsp3) is 0.231. The minimum Gasteiger partial charge on any atom is -0.447 e. The van der Waals surface area contributed by atoms with E-state index in [1.807, 2.05) is 45.0 Å². The Kier molecular flexibility index (Phi) is 5.94. The van der Waals surface area contributed by atoms with E-state index in [2.05, 4.69) is 29.7 Å². The van der Waals surface area contributed by atoms with E-state index in [4.69, 9.17) is 16.3 Å². The number of carbonyl (C=O) groups is 2. The Hall–Kier alpha value is -3.31. The lowest BCUT2D eigenvalue weighted by atomic mass is 9.98. The number of halogens is 1. The first-order valence-electron chi connectivity index (χ1n) is 10.5. The summed E-state index contributed by atoms with van der Waals surface area (Å²) >= 11 is 6.20. The summed E-state index contributed by atoms with van der Waals surface area (Å²) in [5, 5.41) is 1.58. The molecule has 6 heteroatoms. The van der Waals surface area contributed by atoms with Gasteiger partial charge in [-0.1, -0.05) is 72.3 Å². The van der Waals surface area contributed by atoms with Gasteiger partial charge in [0.05, 0.1) is 16.1 Å². The van der Waals surface area contributed by atoms with Crippen molar-refractivity contribution in [1.82, 2.24) is 10.4 Å². The second kappa shape index (κ2) is 8.67. The van der Waals surface area contributed by atoms with E-state index in [1.54, 1.807) is 24.3 Å². The largest absolute Gasteiger partial charge is 0.447 e. The number of hydrazine groups is 1. The summed E-state index contributed by atoms with van der Waals surface area (Å²) in [7, 11) is 0. The Bertz CT molecular complexity index is 1120. The predicted molar refractivity (Wildman–Crippen MR) is 126 cm³/mol. The topological polar surface area (TPSA) is 58.6 Å². The molecule has 32 heavy (non-hydrogen) atoms. The SMILES string of the molecule is CC(C)(C)N(NC(=O)OCC1c2ccccc2-c2ccccc21)C(=O)c1ccccc1Cl. The van der Waals surface area contributed by atoms with Crippen LogP contribution in [0.25, 0.3) is 11.1 Å². The van der Waals surface area contributed by atoms with Crippen LogP contribution in [-0.2, 0) is 4.74 Å². The van der Waals surface area contributed by atoms with Crippen molar-refractivity contribution < 1.29 is 14.3 Å². The fourth-order valence-electron chi connectivity index (χ4n) is 4.00. The van der Waals surface area contributed by atoms with Crippen LogP contribution in [0.1, 0.15) is 48.2 Å². The lowest BCUT2D eigenvalue weighted by molar-refractivity contribution is 0.0349. The first-order chi connectivity index (χ1) is 15.3. The molecule has 5 nitrogen and oxygen atoms in total. The molecule has 1 N–H and O–H groups in total. The summed E-state index contributed by atoms with van der Waals surface area (Å²) in [5.74, 6) is -0.466. The summed E-state index contributed by atoms with van der Waals surface area (Å²) in [6, 6.07) is 23.0. The summed E-state index contributed by atoms with van der Waals surface area (Å²) < 4.78 is 5.60. The molecular formula is C26H25ClN2O3. The number of rotatable bonds is 3. The molecule has 0 saturated heterocycles. The minimum absolute atomic E-state index is 0.0597. The van der Waals surface area contributed by atoms with E-state index in [0.29, 0.717) is 10.6 Å². The Morgan fingerprint density at radius 2 is 1.44 bits per heavy atom. The quantitative estimate of drug-likeness (QED) is 0.497. The number of nitrogens with one attached hydrogen (secondary N) is 1. The third-order valence-corrected chi connectivity index (χ3v) is 5.85. The highest BCUT2D eigenvalue weighted by Crippen LogP contribution is 2.44. The van der Waals surface area contributed by atoms with Gasteiger partial charge < -0.3 is 4.74 Å². The lowest BCUT2D eigenvalue weighted by Crippen LogP contribution is -2.56. The van der Waals surface area contributed by atoms with Gasteiger partial charge in [-0.05, 0) is 55.2 Å². The number of amides is 2. The van der Waals surface area contributed by atoms with Gasteiger partial charge in [-0.25, -0.2) is 15.2 Å². The molecule has 4 rings (SSSR count). The van der Waals surface area contributed by atoms with Crippen molar-refractivity contribution in [3.8, 4) is 11.1 Å². The van der Waals surface area contributed by atoms with Gasteiger partial charge >= 0.3 is 6.09 Å². The van der Waals surface area contributed by atoms with E-state index in [0.717, 1.165) is 22.3 Å². The summed E-state index contributed by atoms with van der Waals surface area (Å²) in [6.07, 6.45) is -0.692. The van der Waals surface area contributed by atoms with E-state index >= 15 is 0 Å². The molecule has 0 aromatic heterocycles. The molecule has 3 aromatic rings. The smallest absolute Gasteiger partial charge is 0.426 e. The van der Waals surface area contributed by atoms with Gasteiger partial charge in [0.25, 0.3) is 5.91 Å². The zero-order valence-corrected chi connectivity index (χ0v) is 19.0. The van der Waals surface area contributed by atoms with Gasteiger partial charge in [0, 0.05) is 5.92 Å². The maximum atomic E-state index is 13.1. The molecular weight excluding hydrogens is 424 g/mol. The molecule has 0 spiro atoms. The molecule has 3 aromatic carbocycles. The highest BCUT2D eigenvalue weighted by atomic mass is 35.5. The standard InChI is InChI=1S/C26H25ClN2O3/c1-26(2,3)29(24(30)21-14-8-9-15-23(21)27)28-25(31)32-16-22-19-12-6-4-10-17(19)18-11-5-7-13-20(18)22/h4-15,22H,16H2,1-3H3,(H,28,31). The van der Waals surface area contributed by atoms with Crippen molar-refractivity contribution in [2.75, 3.05) is 6.61 Å². The number of carbonyl (C=O) groups excluding carboxylic acids is 2. The van der Waals surface area contributed by atoms with Crippen molar-refractivity contribution in [1.29, 1.82) is 0 Å². The first kappa shape index (κ1) is 21.9. The number of hydrogen-bond acceptors (Lipinski definition) is 3. The van der Waals surface area contributed by atoms with Crippen molar-refractivity contribution in [2.24, 2.45) is 0 Å². The molecule has 0 aliphatic heterocycles.